The second-order valence-corrected chi connectivity index (χ2v) is 6.51. The Hall–Kier alpha value is -2.66. The molecule has 0 rings (SSSR count). The molecule has 0 fully saturated rings. The first-order valence-electron chi connectivity index (χ1n) is 7.19. The van der Waals surface area contributed by atoms with Gasteiger partial charge in [0.1, 0.15) is 13.2 Å². The maximum Gasteiger partial charge on any atom is 0.408 e. The number of carbonyl (C=O) groups excluding carboxylic acids is 2. The van der Waals surface area contributed by atoms with Crippen molar-refractivity contribution in [1.29, 1.82) is 0 Å². The van der Waals surface area contributed by atoms with Crippen molar-refractivity contribution in [2.24, 2.45) is 0 Å². The molecule has 10 nitrogen and oxygen atoms in total. The lowest BCUT2D eigenvalue weighted by atomic mass is 10.2. The third-order valence-electron chi connectivity index (χ3n) is 2.78. The molecule has 0 saturated heterocycles. The molecule has 11 heteroatoms. The van der Waals surface area contributed by atoms with Crippen LogP contribution in [0.3, 0.4) is 0 Å². The van der Waals surface area contributed by atoms with Gasteiger partial charge in [-0.3, -0.25) is 8.98 Å². The highest BCUT2D eigenvalue weighted by Crippen LogP contribution is 2.00. The number of hydrogen-bond donors (Lipinski definition) is 2. The van der Waals surface area contributed by atoms with Crippen molar-refractivity contribution in [3.05, 3.63) is 37.0 Å². The van der Waals surface area contributed by atoms with Crippen LogP contribution in [0, 0.1) is 0 Å². The molecule has 26 heavy (non-hydrogen) atoms. The Kier molecular flexibility index (Phi) is 10.6. The second-order valence-electron chi connectivity index (χ2n) is 4.65. The van der Waals surface area contributed by atoms with Crippen LogP contribution in [-0.4, -0.2) is 63.7 Å². The third-order valence-corrected chi connectivity index (χ3v) is 3.99. The van der Waals surface area contributed by atoms with Gasteiger partial charge < -0.3 is 19.9 Å². The van der Waals surface area contributed by atoms with Gasteiger partial charge >= 0.3 is 18.0 Å². The van der Waals surface area contributed by atoms with E-state index < -0.39 is 53.0 Å². The smallest absolute Gasteiger partial charge is 0.408 e. The molecule has 1 amide bonds. The second kappa shape index (κ2) is 11.8. The number of nitrogens with one attached hydrogen (secondary N) is 1. The number of ether oxygens (including phenoxy) is 2. The van der Waals surface area contributed by atoms with E-state index in [-0.39, 0.29) is 8.03 Å². The molecule has 0 aromatic carbocycles. The molecule has 0 aromatic rings. The number of carboxylic acids is 1. The van der Waals surface area contributed by atoms with Gasteiger partial charge in [-0.05, 0) is 5.57 Å². The number of rotatable bonds is 12. The van der Waals surface area contributed by atoms with Crippen LogP contribution in [0.1, 0.15) is 7.85 Å². The first-order chi connectivity index (χ1) is 12.1. The summed E-state index contributed by atoms with van der Waals surface area (Å²) in [4.78, 5) is 34.1. The summed E-state index contributed by atoms with van der Waals surface area (Å²) in [5.41, 5.74) is 0.535. The van der Waals surface area contributed by atoms with Crippen LogP contribution in [0.2, 0.25) is 0 Å². The Morgan fingerprint density at radius 1 is 1.27 bits per heavy atom. The Balaban J connectivity index is 0. The fraction of sp³-hybridized carbons (Fsp3) is 0.400. The van der Waals surface area contributed by atoms with Crippen LogP contribution in [0.4, 0.5) is 4.79 Å². The van der Waals surface area contributed by atoms with Crippen molar-refractivity contribution < 1.29 is 43.0 Å². The lowest BCUT2D eigenvalue weighted by molar-refractivity contribution is -0.148. The number of alkyl carbamates (subject to hydrolysis) is 1. The van der Waals surface area contributed by atoms with E-state index in [9.17, 15) is 22.8 Å². The average molecular weight is 393 g/mol. The van der Waals surface area contributed by atoms with Crippen molar-refractivity contribution >= 4 is 28.1 Å². The van der Waals surface area contributed by atoms with E-state index in [4.69, 9.17) is 9.84 Å². The molecule has 0 aromatic heterocycles. The van der Waals surface area contributed by atoms with E-state index in [1.165, 1.54) is 12.2 Å². The predicted octanol–water partition coefficient (Wildman–Crippen LogP) is 0.620. The Morgan fingerprint density at radius 2 is 1.92 bits per heavy atom. The Bertz CT molecular complexity index is 673. The molecule has 0 bridgehead atoms. The lowest BCUT2D eigenvalue weighted by Crippen LogP contribution is -2.44. The van der Waals surface area contributed by atoms with E-state index in [0.29, 0.717) is 5.57 Å². The van der Waals surface area contributed by atoms with Crippen molar-refractivity contribution in [3.63, 3.8) is 0 Å². The number of carboxylic acid groups (broad SMARTS) is 1. The van der Waals surface area contributed by atoms with Crippen LogP contribution in [0.15, 0.2) is 37.0 Å². The number of hydrogen-bond acceptors (Lipinski definition) is 8. The standard InChI is InChI=1S/C15H21NO9S.H2/c1-4-6-11(5-2)9-25-15(20)16-12(14(18)19)10-24-13(17)7-8-26(21,22)23-3;/h4-6,12H,1-2,7-10H2,3H3,(H,16,20)(H,18,19);1H/b11-6+;. The van der Waals surface area contributed by atoms with Gasteiger partial charge in [-0.2, -0.15) is 8.42 Å². The van der Waals surface area contributed by atoms with Gasteiger partial charge in [-0.15, -0.1) is 0 Å². The molecular formula is C15H23NO9S. The van der Waals surface area contributed by atoms with Crippen molar-refractivity contribution in [2.75, 3.05) is 26.1 Å². The highest BCUT2D eigenvalue weighted by atomic mass is 32.2. The molecule has 0 heterocycles. The van der Waals surface area contributed by atoms with E-state index in [2.05, 4.69) is 22.1 Å². The normalized spacial score (nSPS) is 12.6. The summed E-state index contributed by atoms with van der Waals surface area (Å²) in [6.45, 7) is 6.11. The topological polar surface area (TPSA) is 145 Å². The van der Waals surface area contributed by atoms with Crippen molar-refractivity contribution in [3.8, 4) is 0 Å². The Morgan fingerprint density at radius 3 is 2.42 bits per heavy atom. The molecule has 0 aliphatic heterocycles. The summed E-state index contributed by atoms with van der Waals surface area (Å²) in [5.74, 6) is -3.05. The molecule has 2 N–H and O–H groups in total. The molecule has 1 unspecified atom stereocenters. The fourth-order valence-electron chi connectivity index (χ4n) is 1.37. The molecule has 0 aliphatic rings. The van der Waals surface area contributed by atoms with Crippen molar-refractivity contribution in [2.45, 2.75) is 12.5 Å². The fourth-order valence-corrected chi connectivity index (χ4v) is 1.96. The monoisotopic (exact) mass is 393 g/mol. The highest BCUT2D eigenvalue weighted by Gasteiger charge is 2.23. The third kappa shape index (κ3) is 10.3. The molecule has 148 valence electrons. The summed E-state index contributed by atoms with van der Waals surface area (Å²) >= 11 is 0. The van der Waals surface area contributed by atoms with Gasteiger partial charge in [0, 0.05) is 1.43 Å². The zero-order chi connectivity index (χ0) is 20.2. The highest BCUT2D eigenvalue weighted by molar-refractivity contribution is 7.86. The quantitative estimate of drug-likeness (QED) is 0.277. The van der Waals surface area contributed by atoms with Gasteiger partial charge in [0.05, 0.1) is 19.3 Å². The van der Waals surface area contributed by atoms with E-state index in [1.807, 2.05) is 5.32 Å². The van der Waals surface area contributed by atoms with Crippen LogP contribution in [0.25, 0.3) is 0 Å². The number of esters is 1. The summed E-state index contributed by atoms with van der Waals surface area (Å²) in [7, 11) is -2.90. The van der Waals surface area contributed by atoms with E-state index >= 15 is 0 Å². The van der Waals surface area contributed by atoms with Gasteiger partial charge in [-0.1, -0.05) is 31.4 Å². The van der Waals surface area contributed by atoms with Gasteiger partial charge in [0.2, 0.25) is 0 Å². The van der Waals surface area contributed by atoms with Gasteiger partial charge in [-0.25, -0.2) is 9.59 Å². The lowest BCUT2D eigenvalue weighted by Gasteiger charge is -2.15. The molecule has 0 radical (unpaired) electrons. The zero-order valence-corrected chi connectivity index (χ0v) is 15.0. The number of allylic oxidation sites excluding steroid dienone is 2. The summed E-state index contributed by atoms with van der Waals surface area (Å²) in [5, 5.41) is 11.0. The first kappa shape index (κ1) is 23.3. The maximum absolute atomic E-state index is 11.6. The molecule has 1 atom stereocenters. The minimum atomic E-state index is -3.84. The molecular weight excluding hydrogens is 370 g/mol. The summed E-state index contributed by atoms with van der Waals surface area (Å²) < 4.78 is 35.8. The first-order valence-corrected chi connectivity index (χ1v) is 8.77. The largest absolute Gasteiger partial charge is 0.480 e. The number of amides is 1. The van der Waals surface area contributed by atoms with Crippen LogP contribution >= 0.6 is 0 Å². The minimum Gasteiger partial charge on any atom is -0.480 e. The van der Waals surface area contributed by atoms with E-state index in [0.717, 1.165) is 7.11 Å². The average Bonchev–Trinajstić information content (AvgIpc) is 2.60. The molecule has 0 aliphatic carbocycles. The van der Waals surface area contributed by atoms with Crippen LogP contribution in [-0.2, 0) is 33.4 Å². The maximum atomic E-state index is 11.6. The van der Waals surface area contributed by atoms with Crippen molar-refractivity contribution in [1.82, 2.24) is 5.32 Å². The van der Waals surface area contributed by atoms with Crippen LogP contribution < -0.4 is 5.32 Å². The van der Waals surface area contributed by atoms with Gasteiger partial charge in [0.25, 0.3) is 10.1 Å². The number of aliphatic carboxylic acids is 1. The molecule has 0 saturated carbocycles. The predicted molar refractivity (Wildman–Crippen MR) is 92.9 cm³/mol. The Labute approximate surface area is 152 Å². The van der Waals surface area contributed by atoms with Gasteiger partial charge in [0.15, 0.2) is 6.04 Å². The zero-order valence-electron chi connectivity index (χ0n) is 14.2. The van der Waals surface area contributed by atoms with E-state index in [1.54, 1.807) is 6.08 Å². The minimum absolute atomic E-state index is 0. The summed E-state index contributed by atoms with van der Waals surface area (Å²) in [6.07, 6.45) is 2.86. The SMILES string of the molecule is C=C/C=C(\C=C)COC(=O)NC(COC(=O)CCS(=O)(=O)OC)C(=O)O.[HH]. The summed E-state index contributed by atoms with van der Waals surface area (Å²) in [6, 6.07) is -1.57. The van der Waals surface area contributed by atoms with Crippen LogP contribution in [0.5, 0.6) is 0 Å². The molecule has 0 spiro atoms. The number of carbonyl (C=O) groups is 3.